The van der Waals surface area contributed by atoms with Gasteiger partial charge in [0.15, 0.2) is 0 Å². The molecule has 0 aliphatic rings. The van der Waals surface area contributed by atoms with Crippen molar-refractivity contribution in [1.82, 2.24) is 24.8 Å². The first-order valence-electron chi connectivity index (χ1n) is 10.7. The maximum Gasteiger partial charge on any atom is 0.256 e. The number of aryl methyl sites for hydroxylation is 1. The molecule has 0 aliphatic heterocycles. The molecule has 1 aromatic carbocycles. The van der Waals surface area contributed by atoms with Crippen LogP contribution in [0.4, 0.5) is 16.2 Å². The highest BCUT2D eigenvalue weighted by Crippen LogP contribution is 2.26. The summed E-state index contributed by atoms with van der Waals surface area (Å²) in [6.45, 7) is 3.10. The number of hydrogen-bond acceptors (Lipinski definition) is 7. The van der Waals surface area contributed by atoms with Crippen LogP contribution in [-0.4, -0.2) is 64.9 Å². The number of benzene rings is 1. The number of halogens is 1. The zero-order valence-electron chi connectivity index (χ0n) is 19.8. The van der Waals surface area contributed by atoms with Crippen molar-refractivity contribution >= 4 is 17.7 Å². The molecule has 176 valence electrons. The van der Waals surface area contributed by atoms with Gasteiger partial charge in [-0.25, -0.2) is 19.3 Å². The van der Waals surface area contributed by atoms with Gasteiger partial charge >= 0.3 is 0 Å². The van der Waals surface area contributed by atoms with Gasteiger partial charge in [-0.3, -0.25) is 4.79 Å². The van der Waals surface area contributed by atoms with Crippen LogP contribution in [0.15, 0.2) is 36.5 Å². The Labute approximate surface area is 198 Å². The Bertz CT molecular complexity index is 1250. The number of carbonyl (C=O) groups excluding carboxylic acids is 1. The van der Waals surface area contributed by atoms with Gasteiger partial charge in [-0.1, -0.05) is 11.8 Å². The highest BCUT2D eigenvalue weighted by Gasteiger charge is 2.19. The number of nitrogen functional groups attached to an aromatic ring is 2. The van der Waals surface area contributed by atoms with Crippen LogP contribution >= 0.6 is 0 Å². The van der Waals surface area contributed by atoms with Gasteiger partial charge in [-0.15, -0.1) is 0 Å². The lowest BCUT2D eigenvalue weighted by atomic mass is 10.0. The van der Waals surface area contributed by atoms with E-state index in [0.717, 1.165) is 13.0 Å². The summed E-state index contributed by atoms with van der Waals surface area (Å²) >= 11 is 0. The zero-order valence-corrected chi connectivity index (χ0v) is 19.8. The van der Waals surface area contributed by atoms with Crippen molar-refractivity contribution in [3.8, 4) is 23.1 Å². The highest BCUT2D eigenvalue weighted by atomic mass is 19.1. The second-order valence-electron chi connectivity index (χ2n) is 8.19. The van der Waals surface area contributed by atoms with E-state index in [1.165, 1.54) is 17.0 Å². The number of nitrogens with zero attached hydrogens (tertiary/aromatic N) is 5. The number of nitrogens with two attached hydrogens (primary N) is 2. The molecule has 3 rings (SSSR count). The largest absolute Gasteiger partial charge is 0.384 e. The van der Waals surface area contributed by atoms with Crippen molar-refractivity contribution in [1.29, 1.82) is 0 Å². The molecule has 0 aliphatic carbocycles. The van der Waals surface area contributed by atoms with Crippen LogP contribution in [0.5, 0.6) is 0 Å². The molecular formula is C25H28FN7O. The van der Waals surface area contributed by atoms with Crippen LogP contribution in [0.2, 0.25) is 0 Å². The van der Waals surface area contributed by atoms with E-state index in [1.807, 2.05) is 19.0 Å². The number of pyridine rings is 1. The van der Waals surface area contributed by atoms with E-state index < -0.39 is 11.7 Å². The average molecular weight is 462 g/mol. The minimum atomic E-state index is -0.604. The summed E-state index contributed by atoms with van der Waals surface area (Å²) in [6, 6.07) is 7.70. The predicted molar refractivity (Wildman–Crippen MR) is 131 cm³/mol. The number of rotatable bonds is 6. The first kappa shape index (κ1) is 24.6. The van der Waals surface area contributed by atoms with E-state index in [9.17, 15) is 9.18 Å². The standard InChI is InChI=1S/C25H28FN7O/c1-16-19(9-6-17-7-11-22(27)29-15-17)23(31-25(28)30-16)18-8-10-21(26)20(14-18)24(34)33(4)13-5-12-32(2)3/h7-8,10-11,14-15H,5,12-13H2,1-4H3,(H2,27,29)(H2,28,30,31). The van der Waals surface area contributed by atoms with Crippen LogP contribution in [0.1, 0.15) is 33.6 Å². The summed E-state index contributed by atoms with van der Waals surface area (Å²) in [5.74, 6) is 5.53. The van der Waals surface area contributed by atoms with Crippen molar-refractivity contribution in [3.05, 3.63) is 64.7 Å². The Morgan fingerprint density at radius 2 is 1.82 bits per heavy atom. The number of amides is 1. The Kier molecular flexibility index (Phi) is 7.76. The van der Waals surface area contributed by atoms with Crippen LogP contribution in [0.25, 0.3) is 11.3 Å². The van der Waals surface area contributed by atoms with Crippen LogP contribution < -0.4 is 11.5 Å². The normalized spacial score (nSPS) is 10.6. The van der Waals surface area contributed by atoms with Crippen LogP contribution in [0.3, 0.4) is 0 Å². The number of aromatic nitrogens is 3. The van der Waals surface area contributed by atoms with Gasteiger partial charge in [-0.05, 0) is 64.3 Å². The molecular weight excluding hydrogens is 433 g/mol. The molecule has 2 aromatic heterocycles. The van der Waals surface area contributed by atoms with E-state index in [0.29, 0.717) is 40.4 Å². The molecule has 0 unspecified atom stereocenters. The van der Waals surface area contributed by atoms with Gasteiger partial charge in [0, 0.05) is 30.9 Å². The summed E-state index contributed by atoms with van der Waals surface area (Å²) in [6.07, 6.45) is 2.34. The molecule has 0 spiro atoms. The Morgan fingerprint density at radius 1 is 1.06 bits per heavy atom. The number of anilines is 2. The Balaban J connectivity index is 1.99. The third-order valence-electron chi connectivity index (χ3n) is 5.14. The molecule has 34 heavy (non-hydrogen) atoms. The molecule has 0 saturated heterocycles. The van der Waals surface area contributed by atoms with E-state index >= 15 is 0 Å². The second kappa shape index (κ2) is 10.7. The number of hydrogen-bond donors (Lipinski definition) is 2. The van der Waals surface area contributed by atoms with Gasteiger partial charge in [-0.2, -0.15) is 0 Å². The summed E-state index contributed by atoms with van der Waals surface area (Å²) in [7, 11) is 5.59. The van der Waals surface area contributed by atoms with Crippen molar-refractivity contribution in [2.75, 3.05) is 45.7 Å². The lowest BCUT2D eigenvalue weighted by molar-refractivity contribution is 0.0786. The van der Waals surface area contributed by atoms with Crippen molar-refractivity contribution < 1.29 is 9.18 Å². The molecule has 0 atom stereocenters. The molecule has 8 nitrogen and oxygen atoms in total. The lowest BCUT2D eigenvalue weighted by Crippen LogP contribution is -2.30. The van der Waals surface area contributed by atoms with Gasteiger partial charge in [0.2, 0.25) is 5.95 Å². The molecule has 0 saturated carbocycles. The first-order chi connectivity index (χ1) is 16.2. The molecule has 2 heterocycles. The maximum absolute atomic E-state index is 14.6. The summed E-state index contributed by atoms with van der Waals surface area (Å²) < 4.78 is 14.6. The first-order valence-corrected chi connectivity index (χ1v) is 10.7. The lowest BCUT2D eigenvalue weighted by Gasteiger charge is -2.19. The van der Waals surface area contributed by atoms with Gasteiger partial charge < -0.3 is 21.3 Å². The van der Waals surface area contributed by atoms with E-state index in [2.05, 4.69) is 26.8 Å². The topological polar surface area (TPSA) is 114 Å². The quantitative estimate of drug-likeness (QED) is 0.542. The van der Waals surface area contributed by atoms with Crippen molar-refractivity contribution in [2.24, 2.45) is 0 Å². The third-order valence-corrected chi connectivity index (χ3v) is 5.14. The fraction of sp³-hybridized carbons (Fsp3) is 0.280. The van der Waals surface area contributed by atoms with Crippen LogP contribution in [-0.2, 0) is 0 Å². The molecule has 0 fully saturated rings. The molecule has 0 radical (unpaired) electrons. The van der Waals surface area contributed by atoms with E-state index in [1.54, 1.807) is 38.4 Å². The van der Waals surface area contributed by atoms with Crippen molar-refractivity contribution in [3.63, 3.8) is 0 Å². The molecule has 0 bridgehead atoms. The molecule has 3 aromatic rings. The molecule has 4 N–H and O–H groups in total. The minimum Gasteiger partial charge on any atom is -0.384 e. The third kappa shape index (κ3) is 6.05. The highest BCUT2D eigenvalue weighted by molar-refractivity contribution is 5.95. The monoisotopic (exact) mass is 461 g/mol. The fourth-order valence-corrected chi connectivity index (χ4v) is 3.33. The smallest absolute Gasteiger partial charge is 0.256 e. The van der Waals surface area contributed by atoms with E-state index in [-0.39, 0.29) is 11.5 Å². The van der Waals surface area contributed by atoms with Gasteiger partial charge in [0.1, 0.15) is 11.6 Å². The summed E-state index contributed by atoms with van der Waals surface area (Å²) in [5, 5.41) is 0. The van der Waals surface area contributed by atoms with Gasteiger partial charge in [0.05, 0.1) is 22.5 Å². The molecule has 1 amide bonds. The van der Waals surface area contributed by atoms with Crippen LogP contribution in [0, 0.1) is 24.6 Å². The average Bonchev–Trinajstić information content (AvgIpc) is 2.78. The SMILES string of the molecule is Cc1nc(N)nc(-c2ccc(F)c(C(=O)N(C)CCCN(C)C)c2)c1C#Cc1ccc(N)nc1. The Hall–Kier alpha value is -4.03. The fourth-order valence-electron chi connectivity index (χ4n) is 3.33. The zero-order chi connectivity index (χ0) is 24.8. The van der Waals surface area contributed by atoms with E-state index in [4.69, 9.17) is 11.5 Å². The minimum absolute atomic E-state index is 0.0404. The summed E-state index contributed by atoms with van der Waals surface area (Å²) in [5.41, 5.74) is 14.2. The number of carbonyl (C=O) groups is 1. The second-order valence-corrected chi connectivity index (χ2v) is 8.19. The van der Waals surface area contributed by atoms with Crippen molar-refractivity contribution in [2.45, 2.75) is 13.3 Å². The Morgan fingerprint density at radius 3 is 2.50 bits per heavy atom. The predicted octanol–water partition coefficient (Wildman–Crippen LogP) is 2.57. The summed E-state index contributed by atoms with van der Waals surface area (Å²) in [4.78, 5) is 29.1. The molecule has 9 heteroatoms. The maximum atomic E-state index is 14.6. The van der Waals surface area contributed by atoms with Gasteiger partial charge in [0.25, 0.3) is 5.91 Å².